The Hall–Kier alpha value is 0.430. The summed E-state index contributed by atoms with van der Waals surface area (Å²) in [5.41, 5.74) is 0. The van der Waals surface area contributed by atoms with Crippen molar-refractivity contribution < 1.29 is 0 Å². The molecule has 0 radical (unpaired) electrons. The molecule has 48 valence electrons. The van der Waals surface area contributed by atoms with Gasteiger partial charge in [0.2, 0.25) is 0 Å². The molecule has 0 amide bonds. The molecular weight excluding hydrogens is 213 g/mol. The van der Waals surface area contributed by atoms with Gasteiger partial charge in [0.1, 0.15) is 0 Å². The molecule has 0 spiro atoms. The van der Waals surface area contributed by atoms with Crippen LogP contribution >= 0.6 is 22.6 Å². The second-order valence-electron chi connectivity index (χ2n) is 1.59. The van der Waals surface area contributed by atoms with E-state index >= 15 is 0 Å². The van der Waals surface area contributed by atoms with E-state index in [2.05, 4.69) is 40.9 Å². The fraction of sp³-hybridized carbons (Fsp3) is 0.667. The highest BCUT2D eigenvalue weighted by molar-refractivity contribution is 14.1. The molecule has 1 nitrogen and oxygen atoms in total. The largest absolute Gasteiger partial charge is 0.319 e. The molecule has 0 aliphatic heterocycles. The van der Waals surface area contributed by atoms with Crippen LogP contribution < -0.4 is 5.32 Å². The van der Waals surface area contributed by atoms with Crippen molar-refractivity contribution in [1.29, 1.82) is 0 Å². The monoisotopic (exact) mass is 225 g/mol. The minimum Gasteiger partial charge on any atom is -0.319 e. The number of rotatable bonds is 3. The maximum Gasteiger partial charge on any atom is -0.000701 e. The highest BCUT2D eigenvalue weighted by Gasteiger charge is 1.85. The Kier molecular flexibility index (Phi) is 5.86. The summed E-state index contributed by atoms with van der Waals surface area (Å²) in [6, 6.07) is 0. The third-order valence-electron chi connectivity index (χ3n) is 0.927. The molecule has 8 heavy (non-hydrogen) atoms. The summed E-state index contributed by atoms with van der Waals surface area (Å²) in [7, 11) is 1.97. The molecule has 0 atom stereocenters. The quantitative estimate of drug-likeness (QED) is 0.723. The zero-order chi connectivity index (χ0) is 6.41. The van der Waals surface area contributed by atoms with E-state index in [-0.39, 0.29) is 0 Å². The maximum atomic E-state index is 3.09. The predicted octanol–water partition coefficient (Wildman–Crippen LogP) is 1.93. The van der Waals surface area contributed by atoms with E-state index in [1.54, 1.807) is 0 Å². The van der Waals surface area contributed by atoms with Crippen LogP contribution in [0, 0.1) is 0 Å². The van der Waals surface area contributed by atoms with Crippen LogP contribution in [0.1, 0.15) is 13.3 Å². The van der Waals surface area contributed by atoms with Crippen LogP contribution in [0.15, 0.2) is 9.66 Å². The number of halogens is 1. The minimum atomic E-state index is 1.09. The molecule has 0 fully saturated rings. The smallest absolute Gasteiger partial charge is 0.000701 e. The van der Waals surface area contributed by atoms with Gasteiger partial charge in [-0.1, -0.05) is 6.08 Å². The minimum absolute atomic E-state index is 1.09. The molecule has 0 aromatic carbocycles. The molecule has 0 rings (SSSR count). The standard InChI is InChI=1S/C6H12IN/c1-3-6(7)4-5-8-2/h3,8H,4-5H2,1-2H3/b6-3-. The van der Waals surface area contributed by atoms with Crippen LogP contribution in [0.25, 0.3) is 0 Å². The van der Waals surface area contributed by atoms with Gasteiger partial charge in [-0.05, 0) is 53.1 Å². The van der Waals surface area contributed by atoms with Gasteiger partial charge in [-0.2, -0.15) is 0 Å². The maximum absolute atomic E-state index is 3.09. The first-order valence-corrected chi connectivity index (χ1v) is 3.84. The topological polar surface area (TPSA) is 12.0 Å². The van der Waals surface area contributed by atoms with E-state index in [1.165, 1.54) is 3.58 Å². The molecule has 1 N–H and O–H groups in total. The zero-order valence-corrected chi connectivity index (χ0v) is 7.53. The Morgan fingerprint density at radius 2 is 2.38 bits per heavy atom. The molecule has 0 heterocycles. The number of allylic oxidation sites excluding steroid dienone is 1. The summed E-state index contributed by atoms with van der Waals surface area (Å²) in [6.45, 7) is 3.15. The molecule has 2 heteroatoms. The van der Waals surface area contributed by atoms with Gasteiger partial charge in [-0.15, -0.1) is 0 Å². The summed E-state index contributed by atoms with van der Waals surface area (Å²) in [4.78, 5) is 0. The van der Waals surface area contributed by atoms with Crippen LogP contribution in [-0.4, -0.2) is 13.6 Å². The average molecular weight is 225 g/mol. The van der Waals surface area contributed by atoms with Gasteiger partial charge in [0.25, 0.3) is 0 Å². The molecule has 0 bridgehead atoms. The van der Waals surface area contributed by atoms with Crippen molar-refractivity contribution >= 4 is 22.6 Å². The van der Waals surface area contributed by atoms with E-state index < -0.39 is 0 Å². The van der Waals surface area contributed by atoms with Gasteiger partial charge in [0, 0.05) is 0 Å². The van der Waals surface area contributed by atoms with Crippen molar-refractivity contribution in [2.24, 2.45) is 0 Å². The lowest BCUT2D eigenvalue weighted by Gasteiger charge is -1.94. The van der Waals surface area contributed by atoms with Crippen molar-refractivity contribution in [1.82, 2.24) is 5.32 Å². The van der Waals surface area contributed by atoms with Crippen LogP contribution in [0.3, 0.4) is 0 Å². The molecule has 0 unspecified atom stereocenters. The van der Waals surface area contributed by atoms with Gasteiger partial charge in [0.15, 0.2) is 0 Å². The third-order valence-corrected chi connectivity index (χ3v) is 2.09. The first-order valence-electron chi connectivity index (χ1n) is 2.76. The molecule has 0 aromatic heterocycles. The SMILES string of the molecule is C/C=C(\I)CCNC. The number of hydrogen-bond donors (Lipinski definition) is 1. The molecule has 0 saturated heterocycles. The normalized spacial score (nSPS) is 12.1. The van der Waals surface area contributed by atoms with E-state index in [1.807, 2.05) is 7.05 Å². The fourth-order valence-electron chi connectivity index (χ4n) is 0.389. The second-order valence-corrected chi connectivity index (χ2v) is 2.97. The Balaban J connectivity index is 3.12. The number of nitrogens with one attached hydrogen (secondary N) is 1. The average Bonchev–Trinajstić information content (AvgIpc) is 1.83. The lowest BCUT2D eigenvalue weighted by Crippen LogP contribution is -2.06. The summed E-state index contributed by atoms with van der Waals surface area (Å²) >= 11 is 2.35. The number of hydrogen-bond acceptors (Lipinski definition) is 1. The van der Waals surface area contributed by atoms with Crippen LogP contribution in [0.5, 0.6) is 0 Å². The Morgan fingerprint density at radius 1 is 1.75 bits per heavy atom. The van der Waals surface area contributed by atoms with Crippen molar-refractivity contribution in [2.45, 2.75) is 13.3 Å². The molecular formula is C6H12IN. The van der Waals surface area contributed by atoms with Crippen molar-refractivity contribution in [3.05, 3.63) is 9.66 Å². The summed E-state index contributed by atoms with van der Waals surface area (Å²) in [5.74, 6) is 0. The first kappa shape index (κ1) is 8.43. The van der Waals surface area contributed by atoms with Crippen LogP contribution in [-0.2, 0) is 0 Å². The van der Waals surface area contributed by atoms with E-state index in [4.69, 9.17) is 0 Å². The van der Waals surface area contributed by atoms with Crippen LogP contribution in [0.2, 0.25) is 0 Å². The Labute approximate surface area is 64.7 Å². The lowest BCUT2D eigenvalue weighted by molar-refractivity contribution is 0.805. The summed E-state index contributed by atoms with van der Waals surface area (Å²) in [5, 5.41) is 3.09. The van der Waals surface area contributed by atoms with Crippen molar-refractivity contribution in [3.8, 4) is 0 Å². The van der Waals surface area contributed by atoms with Crippen molar-refractivity contribution in [2.75, 3.05) is 13.6 Å². The van der Waals surface area contributed by atoms with Gasteiger partial charge in [-0.3, -0.25) is 0 Å². The first-order chi connectivity index (χ1) is 3.81. The molecule has 0 aliphatic rings. The fourth-order valence-corrected chi connectivity index (χ4v) is 0.658. The Morgan fingerprint density at radius 3 is 2.75 bits per heavy atom. The Bertz CT molecular complexity index is 78.6. The van der Waals surface area contributed by atoms with Gasteiger partial charge >= 0.3 is 0 Å². The molecule has 0 aliphatic carbocycles. The molecule has 0 saturated carbocycles. The van der Waals surface area contributed by atoms with E-state index in [9.17, 15) is 0 Å². The summed E-state index contributed by atoms with van der Waals surface area (Å²) < 4.78 is 1.43. The third kappa shape index (κ3) is 4.59. The molecule has 0 aromatic rings. The summed E-state index contributed by atoms with van der Waals surface area (Å²) in [6.07, 6.45) is 3.30. The van der Waals surface area contributed by atoms with Gasteiger partial charge < -0.3 is 5.32 Å². The highest BCUT2D eigenvalue weighted by Crippen LogP contribution is 2.08. The van der Waals surface area contributed by atoms with Gasteiger partial charge in [-0.25, -0.2) is 0 Å². The van der Waals surface area contributed by atoms with E-state index in [0.29, 0.717) is 0 Å². The van der Waals surface area contributed by atoms with Crippen molar-refractivity contribution in [3.63, 3.8) is 0 Å². The zero-order valence-electron chi connectivity index (χ0n) is 5.37. The highest BCUT2D eigenvalue weighted by atomic mass is 127. The van der Waals surface area contributed by atoms with Gasteiger partial charge in [0.05, 0.1) is 0 Å². The van der Waals surface area contributed by atoms with E-state index in [0.717, 1.165) is 13.0 Å². The predicted molar refractivity (Wildman–Crippen MR) is 46.3 cm³/mol. The lowest BCUT2D eigenvalue weighted by atomic mass is 10.4. The van der Waals surface area contributed by atoms with Crippen LogP contribution in [0.4, 0.5) is 0 Å². The second kappa shape index (κ2) is 5.56.